The van der Waals surface area contributed by atoms with Gasteiger partial charge < -0.3 is 0 Å². The summed E-state index contributed by atoms with van der Waals surface area (Å²) < 4.78 is 13.8. The summed E-state index contributed by atoms with van der Waals surface area (Å²) in [6.45, 7) is 5.79. The Morgan fingerprint density at radius 1 is 0.731 bits per heavy atom. The molecule has 0 atom stereocenters. The Balaban J connectivity index is 1.93. The molecule has 0 aliphatic heterocycles. The van der Waals surface area contributed by atoms with Gasteiger partial charge in [-0.1, -0.05) is 36.4 Å². The SMILES string of the molecule is CC(=Nc1ccccc1C)c1cccc(C(C)=Nc2ccccc2F)n1. The summed E-state index contributed by atoms with van der Waals surface area (Å²) in [4.78, 5) is 13.7. The molecule has 130 valence electrons. The summed E-state index contributed by atoms with van der Waals surface area (Å²) in [7, 11) is 0. The summed E-state index contributed by atoms with van der Waals surface area (Å²) in [6.07, 6.45) is 0. The van der Waals surface area contributed by atoms with Crippen molar-refractivity contribution >= 4 is 22.8 Å². The number of nitrogens with zero attached hydrogens (tertiary/aromatic N) is 3. The lowest BCUT2D eigenvalue weighted by molar-refractivity contribution is 0.630. The molecule has 1 aromatic heterocycles. The minimum Gasteiger partial charge on any atom is -0.251 e. The van der Waals surface area contributed by atoms with Crippen molar-refractivity contribution < 1.29 is 4.39 Å². The van der Waals surface area contributed by atoms with Gasteiger partial charge in [-0.25, -0.2) is 14.4 Å². The van der Waals surface area contributed by atoms with Crippen LogP contribution in [0, 0.1) is 12.7 Å². The molecule has 0 radical (unpaired) electrons. The molecule has 0 fully saturated rings. The molecule has 0 aliphatic rings. The maximum Gasteiger partial charge on any atom is 0.148 e. The zero-order valence-corrected chi connectivity index (χ0v) is 15.1. The lowest BCUT2D eigenvalue weighted by Gasteiger charge is -2.06. The Hall–Kier alpha value is -3.14. The monoisotopic (exact) mass is 345 g/mol. The highest BCUT2D eigenvalue weighted by Gasteiger charge is 2.06. The van der Waals surface area contributed by atoms with Gasteiger partial charge in [0.1, 0.15) is 5.82 Å². The average molecular weight is 345 g/mol. The molecule has 4 heteroatoms. The first-order valence-corrected chi connectivity index (χ1v) is 8.43. The number of rotatable bonds is 4. The van der Waals surface area contributed by atoms with Gasteiger partial charge in [0.2, 0.25) is 0 Å². The highest BCUT2D eigenvalue weighted by Crippen LogP contribution is 2.20. The third kappa shape index (κ3) is 4.09. The first kappa shape index (κ1) is 17.7. The standard InChI is InChI=1S/C22H20FN3/c1-15-9-4-6-11-19(15)24-16(2)20-13-8-14-21(26-20)17(3)25-22-12-7-5-10-18(22)23/h4-14H,1-3H3. The van der Waals surface area contributed by atoms with Crippen molar-refractivity contribution in [2.45, 2.75) is 20.8 Å². The number of pyridine rings is 1. The van der Waals surface area contributed by atoms with Crippen molar-refractivity contribution in [3.05, 3.63) is 89.5 Å². The van der Waals surface area contributed by atoms with E-state index in [4.69, 9.17) is 0 Å². The van der Waals surface area contributed by atoms with Crippen LogP contribution in [-0.4, -0.2) is 16.4 Å². The van der Waals surface area contributed by atoms with Crippen molar-refractivity contribution in [3.63, 3.8) is 0 Å². The summed E-state index contributed by atoms with van der Waals surface area (Å²) in [5.41, 5.74) is 5.29. The molecule has 0 saturated carbocycles. The smallest absolute Gasteiger partial charge is 0.148 e. The minimum absolute atomic E-state index is 0.308. The summed E-state index contributed by atoms with van der Waals surface area (Å²) in [5, 5.41) is 0. The number of aliphatic imine (C=N–C) groups is 2. The van der Waals surface area contributed by atoms with Gasteiger partial charge in [-0.3, -0.25) is 4.99 Å². The van der Waals surface area contributed by atoms with Crippen LogP contribution in [0.1, 0.15) is 30.8 Å². The molecule has 0 spiro atoms. The second-order valence-electron chi connectivity index (χ2n) is 6.04. The molecule has 3 nitrogen and oxygen atoms in total. The molecule has 0 amide bonds. The lowest BCUT2D eigenvalue weighted by atomic mass is 10.2. The van der Waals surface area contributed by atoms with Crippen LogP contribution in [-0.2, 0) is 0 Å². The first-order valence-electron chi connectivity index (χ1n) is 8.43. The Morgan fingerprint density at radius 2 is 1.27 bits per heavy atom. The van der Waals surface area contributed by atoms with Crippen molar-refractivity contribution in [2.75, 3.05) is 0 Å². The van der Waals surface area contributed by atoms with Gasteiger partial charge in [0, 0.05) is 0 Å². The molecule has 2 aromatic carbocycles. The number of halogens is 1. The Kier molecular flexibility index (Phi) is 5.32. The predicted molar refractivity (Wildman–Crippen MR) is 106 cm³/mol. The number of aromatic nitrogens is 1. The normalized spacial score (nSPS) is 12.3. The van der Waals surface area contributed by atoms with Gasteiger partial charge in [-0.2, -0.15) is 0 Å². The fraction of sp³-hybridized carbons (Fsp3) is 0.136. The molecule has 0 N–H and O–H groups in total. The van der Waals surface area contributed by atoms with E-state index in [0.29, 0.717) is 17.1 Å². The van der Waals surface area contributed by atoms with Crippen LogP contribution in [0.2, 0.25) is 0 Å². The molecule has 0 unspecified atom stereocenters. The molecule has 1 heterocycles. The molecule has 0 aliphatic carbocycles. The number of para-hydroxylation sites is 2. The summed E-state index contributed by atoms with van der Waals surface area (Å²) in [5.74, 6) is -0.347. The van der Waals surface area contributed by atoms with E-state index in [2.05, 4.69) is 15.0 Å². The maximum atomic E-state index is 13.8. The fourth-order valence-electron chi connectivity index (χ4n) is 2.54. The van der Waals surface area contributed by atoms with Crippen LogP contribution in [0.3, 0.4) is 0 Å². The largest absolute Gasteiger partial charge is 0.251 e. The molecular weight excluding hydrogens is 325 g/mol. The zero-order chi connectivity index (χ0) is 18.5. The van der Waals surface area contributed by atoms with Gasteiger partial charge in [-0.05, 0) is 56.7 Å². The van der Waals surface area contributed by atoms with Gasteiger partial charge in [0.25, 0.3) is 0 Å². The summed E-state index contributed by atoms with van der Waals surface area (Å²) in [6, 6.07) is 20.1. The number of hydrogen-bond acceptors (Lipinski definition) is 3. The van der Waals surface area contributed by atoms with Gasteiger partial charge in [0.05, 0.1) is 34.2 Å². The molecule has 0 saturated heterocycles. The highest BCUT2D eigenvalue weighted by atomic mass is 19.1. The fourth-order valence-corrected chi connectivity index (χ4v) is 2.54. The van der Waals surface area contributed by atoms with E-state index in [1.165, 1.54) is 6.07 Å². The third-order valence-corrected chi connectivity index (χ3v) is 4.03. The number of aryl methyl sites for hydroxylation is 1. The average Bonchev–Trinajstić information content (AvgIpc) is 2.65. The van der Waals surface area contributed by atoms with Crippen molar-refractivity contribution in [3.8, 4) is 0 Å². The molecule has 3 rings (SSSR count). The highest BCUT2D eigenvalue weighted by molar-refractivity contribution is 6.02. The number of hydrogen-bond donors (Lipinski definition) is 0. The Morgan fingerprint density at radius 3 is 1.88 bits per heavy atom. The zero-order valence-electron chi connectivity index (χ0n) is 15.1. The van der Waals surface area contributed by atoms with Crippen LogP contribution < -0.4 is 0 Å². The van der Waals surface area contributed by atoms with Crippen molar-refractivity contribution in [1.29, 1.82) is 0 Å². The topological polar surface area (TPSA) is 37.6 Å². The van der Waals surface area contributed by atoms with E-state index < -0.39 is 0 Å². The first-order chi connectivity index (χ1) is 12.5. The van der Waals surface area contributed by atoms with Crippen LogP contribution >= 0.6 is 0 Å². The van der Waals surface area contributed by atoms with Crippen molar-refractivity contribution in [1.82, 2.24) is 4.98 Å². The Bertz CT molecular complexity index is 913. The van der Waals surface area contributed by atoms with E-state index in [0.717, 1.165) is 22.7 Å². The van der Waals surface area contributed by atoms with Gasteiger partial charge in [0.15, 0.2) is 0 Å². The summed E-state index contributed by atoms with van der Waals surface area (Å²) >= 11 is 0. The number of benzene rings is 2. The lowest BCUT2D eigenvalue weighted by Crippen LogP contribution is -2.05. The minimum atomic E-state index is -0.347. The Labute approximate surface area is 153 Å². The second-order valence-corrected chi connectivity index (χ2v) is 6.04. The molecular formula is C22H20FN3. The quantitative estimate of drug-likeness (QED) is 0.550. The second kappa shape index (κ2) is 7.83. The molecule has 26 heavy (non-hydrogen) atoms. The van der Waals surface area contributed by atoms with Crippen molar-refractivity contribution in [2.24, 2.45) is 9.98 Å². The van der Waals surface area contributed by atoms with Crippen LogP contribution in [0.4, 0.5) is 15.8 Å². The van der Waals surface area contributed by atoms with Crippen LogP contribution in [0.25, 0.3) is 0 Å². The van der Waals surface area contributed by atoms with E-state index in [-0.39, 0.29) is 5.82 Å². The van der Waals surface area contributed by atoms with Crippen LogP contribution in [0.15, 0.2) is 76.7 Å². The van der Waals surface area contributed by atoms with Gasteiger partial charge >= 0.3 is 0 Å². The molecule has 0 bridgehead atoms. The van der Waals surface area contributed by atoms with E-state index in [1.54, 1.807) is 18.2 Å². The van der Waals surface area contributed by atoms with E-state index in [9.17, 15) is 4.39 Å². The van der Waals surface area contributed by atoms with E-state index in [1.807, 2.05) is 63.2 Å². The maximum absolute atomic E-state index is 13.8. The van der Waals surface area contributed by atoms with E-state index >= 15 is 0 Å². The third-order valence-electron chi connectivity index (χ3n) is 4.03. The van der Waals surface area contributed by atoms with Crippen LogP contribution in [0.5, 0.6) is 0 Å². The predicted octanol–water partition coefficient (Wildman–Crippen LogP) is 5.81. The molecule has 3 aromatic rings. The van der Waals surface area contributed by atoms with Gasteiger partial charge in [-0.15, -0.1) is 0 Å².